The number of aliphatic hydroxyl groups excluding tert-OH is 2. The molecular formula is C9H13ClN2O2. The molecule has 0 aliphatic rings. The number of benzene rings is 1. The van der Waals surface area contributed by atoms with Gasteiger partial charge in [0.25, 0.3) is 0 Å². The van der Waals surface area contributed by atoms with Crippen molar-refractivity contribution in [3.63, 3.8) is 0 Å². The third-order valence-corrected chi connectivity index (χ3v) is 2.33. The summed E-state index contributed by atoms with van der Waals surface area (Å²) in [6.45, 7) is 0. The molecule has 0 saturated heterocycles. The molecule has 1 aromatic carbocycles. The summed E-state index contributed by atoms with van der Waals surface area (Å²) in [5.74, 6) is -0.0601. The highest BCUT2D eigenvalue weighted by Crippen LogP contribution is 2.27. The van der Waals surface area contributed by atoms with Gasteiger partial charge in [-0.3, -0.25) is 0 Å². The van der Waals surface area contributed by atoms with E-state index in [2.05, 4.69) is 0 Å². The molecule has 2 atom stereocenters. The molecule has 1 rings (SSSR count). The molecule has 0 amide bonds. The van der Waals surface area contributed by atoms with Gasteiger partial charge in [-0.05, 0) is 6.07 Å². The number of aliphatic hydroxyl groups is 2. The maximum atomic E-state index is 9.62. The first-order valence-electron chi connectivity index (χ1n) is 4.14. The predicted octanol–water partition coefficient (Wildman–Crippen LogP) is 0.484. The standard InChI is InChI=1S/C9H13ClN2O2/c10-4-7(13)9(14)5-2-1-3-6(11)8(5)12/h1-3,7,9,13-14H,4,11-12H2. The Kier molecular flexibility index (Phi) is 3.57. The molecule has 0 aromatic heterocycles. The van der Waals surface area contributed by atoms with Crippen LogP contribution < -0.4 is 11.5 Å². The van der Waals surface area contributed by atoms with Crippen LogP contribution in [-0.4, -0.2) is 22.2 Å². The van der Waals surface area contributed by atoms with Crippen LogP contribution in [0.5, 0.6) is 0 Å². The zero-order valence-electron chi connectivity index (χ0n) is 7.52. The Hall–Kier alpha value is -0.970. The number of halogens is 1. The van der Waals surface area contributed by atoms with Crippen LogP contribution in [0.4, 0.5) is 11.4 Å². The van der Waals surface area contributed by atoms with Crippen molar-refractivity contribution >= 4 is 23.0 Å². The van der Waals surface area contributed by atoms with E-state index < -0.39 is 12.2 Å². The number of hydrogen-bond donors (Lipinski definition) is 4. The van der Waals surface area contributed by atoms with Crippen LogP contribution in [0.1, 0.15) is 11.7 Å². The van der Waals surface area contributed by atoms with Gasteiger partial charge in [-0.15, -0.1) is 11.6 Å². The van der Waals surface area contributed by atoms with E-state index in [4.69, 9.17) is 23.1 Å². The average Bonchev–Trinajstić information content (AvgIpc) is 2.20. The van der Waals surface area contributed by atoms with E-state index in [0.29, 0.717) is 11.3 Å². The number of anilines is 2. The fraction of sp³-hybridized carbons (Fsp3) is 0.333. The minimum absolute atomic E-state index is 0.0601. The van der Waals surface area contributed by atoms with Crippen LogP contribution in [0, 0.1) is 0 Å². The van der Waals surface area contributed by atoms with Crippen molar-refractivity contribution in [2.75, 3.05) is 17.3 Å². The molecule has 0 saturated carbocycles. The van der Waals surface area contributed by atoms with Gasteiger partial charge in [0.15, 0.2) is 0 Å². The van der Waals surface area contributed by atoms with E-state index >= 15 is 0 Å². The Labute approximate surface area is 87.1 Å². The van der Waals surface area contributed by atoms with Crippen LogP contribution in [0.15, 0.2) is 18.2 Å². The lowest BCUT2D eigenvalue weighted by Gasteiger charge is -2.18. The van der Waals surface area contributed by atoms with Gasteiger partial charge in [0.1, 0.15) is 6.10 Å². The summed E-state index contributed by atoms with van der Waals surface area (Å²) >= 11 is 5.41. The molecule has 6 N–H and O–H groups in total. The molecule has 0 fully saturated rings. The van der Waals surface area contributed by atoms with E-state index in [-0.39, 0.29) is 11.6 Å². The van der Waals surface area contributed by atoms with E-state index in [1.165, 1.54) is 0 Å². The van der Waals surface area contributed by atoms with Gasteiger partial charge >= 0.3 is 0 Å². The topological polar surface area (TPSA) is 92.5 Å². The molecular weight excluding hydrogens is 204 g/mol. The van der Waals surface area contributed by atoms with Crippen molar-refractivity contribution in [2.24, 2.45) is 0 Å². The predicted molar refractivity (Wildman–Crippen MR) is 57.0 cm³/mol. The summed E-state index contributed by atoms with van der Waals surface area (Å²) in [5, 5.41) is 18.9. The van der Waals surface area contributed by atoms with Gasteiger partial charge in [-0.1, -0.05) is 12.1 Å². The van der Waals surface area contributed by atoms with Gasteiger partial charge in [-0.2, -0.15) is 0 Å². The highest BCUT2D eigenvalue weighted by atomic mass is 35.5. The maximum absolute atomic E-state index is 9.62. The second-order valence-electron chi connectivity index (χ2n) is 3.02. The highest BCUT2D eigenvalue weighted by molar-refractivity contribution is 6.18. The maximum Gasteiger partial charge on any atom is 0.108 e. The molecule has 0 radical (unpaired) electrons. The monoisotopic (exact) mass is 216 g/mol. The summed E-state index contributed by atoms with van der Waals surface area (Å²) in [4.78, 5) is 0. The average molecular weight is 217 g/mol. The number of alkyl halides is 1. The molecule has 0 bridgehead atoms. The van der Waals surface area contributed by atoms with Gasteiger partial charge in [0.05, 0.1) is 23.4 Å². The lowest BCUT2D eigenvalue weighted by Crippen LogP contribution is -2.21. The van der Waals surface area contributed by atoms with Crippen LogP contribution in [0.25, 0.3) is 0 Å². The second kappa shape index (κ2) is 4.50. The second-order valence-corrected chi connectivity index (χ2v) is 3.33. The van der Waals surface area contributed by atoms with E-state index in [9.17, 15) is 10.2 Å². The van der Waals surface area contributed by atoms with Crippen LogP contribution in [-0.2, 0) is 0 Å². The first-order valence-corrected chi connectivity index (χ1v) is 4.67. The van der Waals surface area contributed by atoms with Crippen molar-refractivity contribution in [1.82, 2.24) is 0 Å². The Balaban J connectivity index is 3.01. The summed E-state index contributed by atoms with van der Waals surface area (Å²) < 4.78 is 0. The molecule has 0 heterocycles. The van der Waals surface area contributed by atoms with Crippen LogP contribution in [0.2, 0.25) is 0 Å². The quantitative estimate of drug-likeness (QED) is 0.437. The van der Waals surface area contributed by atoms with Crippen LogP contribution in [0.3, 0.4) is 0 Å². The lowest BCUT2D eigenvalue weighted by molar-refractivity contribution is 0.0332. The number of para-hydroxylation sites is 1. The third kappa shape index (κ3) is 2.09. The van der Waals surface area contributed by atoms with Gasteiger partial charge in [0, 0.05) is 5.56 Å². The zero-order valence-corrected chi connectivity index (χ0v) is 8.28. The minimum atomic E-state index is -1.10. The summed E-state index contributed by atoms with van der Waals surface area (Å²) in [7, 11) is 0. The summed E-state index contributed by atoms with van der Waals surface area (Å²) in [6.07, 6.45) is -2.14. The van der Waals surface area contributed by atoms with Gasteiger partial charge in [0.2, 0.25) is 0 Å². The Morgan fingerprint density at radius 3 is 2.50 bits per heavy atom. The van der Waals surface area contributed by atoms with Gasteiger partial charge in [-0.25, -0.2) is 0 Å². The van der Waals surface area contributed by atoms with Crippen molar-refractivity contribution in [1.29, 1.82) is 0 Å². The normalized spacial score (nSPS) is 15.1. The molecule has 0 spiro atoms. The zero-order chi connectivity index (χ0) is 10.7. The molecule has 2 unspecified atom stereocenters. The number of hydrogen-bond acceptors (Lipinski definition) is 4. The number of rotatable bonds is 3. The largest absolute Gasteiger partial charge is 0.397 e. The first-order chi connectivity index (χ1) is 6.57. The fourth-order valence-electron chi connectivity index (χ4n) is 1.15. The highest BCUT2D eigenvalue weighted by Gasteiger charge is 2.20. The van der Waals surface area contributed by atoms with Crippen molar-refractivity contribution in [3.05, 3.63) is 23.8 Å². The number of nitrogen functional groups attached to an aromatic ring is 2. The lowest BCUT2D eigenvalue weighted by atomic mass is 10.0. The smallest absolute Gasteiger partial charge is 0.108 e. The Morgan fingerprint density at radius 2 is 1.93 bits per heavy atom. The van der Waals surface area contributed by atoms with E-state index in [0.717, 1.165) is 0 Å². The summed E-state index contributed by atoms with van der Waals surface area (Å²) in [6, 6.07) is 4.88. The molecule has 5 heteroatoms. The molecule has 1 aromatic rings. The van der Waals surface area contributed by atoms with Crippen molar-refractivity contribution in [2.45, 2.75) is 12.2 Å². The molecule has 0 aliphatic heterocycles. The fourth-order valence-corrected chi connectivity index (χ4v) is 1.32. The molecule has 14 heavy (non-hydrogen) atoms. The van der Waals surface area contributed by atoms with E-state index in [1.807, 2.05) is 0 Å². The van der Waals surface area contributed by atoms with Gasteiger partial charge < -0.3 is 21.7 Å². The first kappa shape index (κ1) is 11.1. The minimum Gasteiger partial charge on any atom is -0.397 e. The Morgan fingerprint density at radius 1 is 1.29 bits per heavy atom. The molecule has 4 nitrogen and oxygen atoms in total. The summed E-state index contributed by atoms with van der Waals surface area (Å²) in [5.41, 5.74) is 12.2. The molecule has 0 aliphatic carbocycles. The van der Waals surface area contributed by atoms with Crippen LogP contribution >= 0.6 is 11.6 Å². The molecule has 78 valence electrons. The SMILES string of the molecule is Nc1cccc(C(O)C(O)CCl)c1N. The third-order valence-electron chi connectivity index (χ3n) is 2.01. The van der Waals surface area contributed by atoms with E-state index in [1.54, 1.807) is 18.2 Å². The Bertz CT molecular complexity index is 320. The number of nitrogens with two attached hydrogens (primary N) is 2. The van der Waals surface area contributed by atoms with Crippen molar-refractivity contribution < 1.29 is 10.2 Å². The van der Waals surface area contributed by atoms with Crippen molar-refractivity contribution in [3.8, 4) is 0 Å².